The molecule has 0 bridgehead atoms. The second-order valence-corrected chi connectivity index (χ2v) is 3.37. The summed E-state index contributed by atoms with van der Waals surface area (Å²) in [4.78, 5) is 1.89. The first-order chi connectivity index (χ1) is 6.75. The zero-order valence-corrected chi connectivity index (χ0v) is 7.71. The molecule has 0 amide bonds. The average Bonchev–Trinajstić information content (AvgIpc) is 2.18. The van der Waals surface area contributed by atoms with Crippen LogP contribution in [0.2, 0.25) is 0 Å². The molecule has 0 radical (unpaired) electrons. The molecule has 0 spiro atoms. The van der Waals surface area contributed by atoms with Crippen LogP contribution in [0.3, 0.4) is 0 Å². The fourth-order valence-corrected chi connectivity index (χ4v) is 1.66. The van der Waals surface area contributed by atoms with E-state index in [4.69, 9.17) is 0 Å². The van der Waals surface area contributed by atoms with E-state index in [-0.39, 0.29) is 5.34 Å². The summed E-state index contributed by atoms with van der Waals surface area (Å²) in [5.41, 5.74) is 1.80. The van der Waals surface area contributed by atoms with Crippen molar-refractivity contribution in [2.24, 2.45) is 5.10 Å². The highest BCUT2D eigenvalue weighted by atomic mass is 19.2. The van der Waals surface area contributed by atoms with Gasteiger partial charge in [-0.1, -0.05) is 4.48 Å². The lowest BCUT2D eigenvalue weighted by Gasteiger charge is -2.30. The Balaban J connectivity index is 2.08. The highest BCUT2D eigenvalue weighted by molar-refractivity contribution is 5.93. The first-order valence-electron chi connectivity index (χ1n) is 4.69. The molecule has 1 N–H and O–H groups in total. The van der Waals surface area contributed by atoms with Gasteiger partial charge in [0.2, 0.25) is 5.95 Å². The number of likely N-dealkylation sites (tertiary alicyclic amines) is 1. The molecule has 14 heavy (non-hydrogen) atoms. The summed E-state index contributed by atoms with van der Waals surface area (Å²) in [6.07, 6.45) is 4.48. The van der Waals surface area contributed by atoms with Crippen LogP contribution in [0.4, 0.5) is 8.87 Å². The summed E-state index contributed by atoms with van der Waals surface area (Å²) >= 11 is 0. The maximum Gasteiger partial charge on any atom is 0.212 e. The summed E-state index contributed by atoms with van der Waals surface area (Å²) in [5, 5.41) is 3.44. The molecule has 1 fully saturated rings. The van der Waals surface area contributed by atoms with Gasteiger partial charge in [-0.05, 0) is 24.6 Å². The van der Waals surface area contributed by atoms with Crippen molar-refractivity contribution in [3.05, 3.63) is 12.0 Å². The molecule has 2 aliphatic heterocycles. The van der Waals surface area contributed by atoms with Crippen molar-refractivity contribution in [3.63, 3.8) is 0 Å². The van der Waals surface area contributed by atoms with Gasteiger partial charge in [0.1, 0.15) is 0 Å². The fourth-order valence-electron chi connectivity index (χ4n) is 1.66. The molecule has 6 heteroatoms. The highest BCUT2D eigenvalue weighted by Crippen LogP contribution is 2.13. The Labute approximate surface area is 80.8 Å². The molecule has 0 aromatic carbocycles. The van der Waals surface area contributed by atoms with Gasteiger partial charge in [-0.15, -0.1) is 5.10 Å². The monoisotopic (exact) mass is 202 g/mol. The summed E-state index contributed by atoms with van der Waals surface area (Å²) in [6.45, 7) is 1.63. The number of rotatable bonds is 0. The van der Waals surface area contributed by atoms with Gasteiger partial charge in [0, 0.05) is 19.2 Å². The Hall–Kier alpha value is -1.33. The molecular formula is C8H12F2N4. The molecule has 2 aliphatic rings. The van der Waals surface area contributed by atoms with Crippen LogP contribution < -0.4 is 5.43 Å². The van der Waals surface area contributed by atoms with Gasteiger partial charge in [0.25, 0.3) is 0 Å². The van der Waals surface area contributed by atoms with Crippen molar-refractivity contribution in [2.75, 3.05) is 13.1 Å². The predicted molar refractivity (Wildman–Crippen MR) is 48.1 cm³/mol. The van der Waals surface area contributed by atoms with Crippen molar-refractivity contribution >= 4 is 5.84 Å². The highest BCUT2D eigenvalue weighted by Gasteiger charge is 2.19. The number of halogens is 2. The lowest BCUT2D eigenvalue weighted by molar-refractivity contribution is -0.0295. The van der Waals surface area contributed by atoms with E-state index in [1.54, 1.807) is 5.43 Å². The largest absolute Gasteiger partial charge is 0.355 e. The van der Waals surface area contributed by atoms with E-state index < -0.39 is 5.95 Å². The topological polar surface area (TPSA) is 30.9 Å². The van der Waals surface area contributed by atoms with Crippen LogP contribution in [-0.4, -0.2) is 29.2 Å². The number of nitrogens with one attached hydrogen (secondary N) is 1. The first-order valence-corrected chi connectivity index (χ1v) is 4.69. The molecule has 0 aromatic rings. The van der Waals surface area contributed by atoms with E-state index in [2.05, 4.69) is 5.10 Å². The number of hydrogen-bond acceptors (Lipinski definition) is 4. The van der Waals surface area contributed by atoms with Crippen LogP contribution >= 0.6 is 0 Å². The van der Waals surface area contributed by atoms with E-state index in [9.17, 15) is 8.87 Å². The van der Waals surface area contributed by atoms with Crippen molar-refractivity contribution in [1.82, 2.24) is 15.7 Å². The molecule has 78 valence electrons. The van der Waals surface area contributed by atoms with E-state index in [0.717, 1.165) is 25.9 Å². The number of hydrogen-bond donors (Lipinski definition) is 1. The van der Waals surface area contributed by atoms with Crippen LogP contribution in [0.5, 0.6) is 0 Å². The van der Waals surface area contributed by atoms with E-state index in [1.807, 2.05) is 4.90 Å². The lowest BCUT2D eigenvalue weighted by Crippen LogP contribution is -2.40. The van der Waals surface area contributed by atoms with Gasteiger partial charge in [0.05, 0.1) is 0 Å². The summed E-state index contributed by atoms with van der Waals surface area (Å²) in [5.74, 6) is -0.369. The zero-order valence-electron chi connectivity index (χ0n) is 7.71. The van der Waals surface area contributed by atoms with Crippen LogP contribution in [0, 0.1) is 0 Å². The van der Waals surface area contributed by atoms with Crippen LogP contribution in [0.15, 0.2) is 17.1 Å². The maximum absolute atomic E-state index is 12.8. The second kappa shape index (κ2) is 3.81. The van der Waals surface area contributed by atoms with E-state index >= 15 is 0 Å². The van der Waals surface area contributed by atoms with E-state index in [0.29, 0.717) is 5.84 Å². The molecule has 2 rings (SSSR count). The van der Waals surface area contributed by atoms with Gasteiger partial charge >= 0.3 is 0 Å². The third-order valence-corrected chi connectivity index (χ3v) is 2.33. The fraction of sp³-hybridized carbons (Fsp3) is 0.625. The summed E-state index contributed by atoms with van der Waals surface area (Å²) in [7, 11) is 0. The molecule has 0 aromatic heterocycles. The minimum Gasteiger partial charge on any atom is -0.355 e. The molecule has 0 aliphatic carbocycles. The van der Waals surface area contributed by atoms with Gasteiger partial charge < -0.3 is 4.90 Å². The molecular weight excluding hydrogens is 190 g/mol. The third kappa shape index (κ3) is 1.94. The first kappa shape index (κ1) is 9.23. The van der Waals surface area contributed by atoms with Crippen molar-refractivity contribution < 1.29 is 8.87 Å². The number of hydrazone groups is 1. The predicted octanol–water partition coefficient (Wildman–Crippen LogP) is 1.30. The number of piperidine rings is 1. The SMILES string of the molecule is FC1=CC(N2CCCCC2)=NN(F)N1. The zero-order chi connectivity index (χ0) is 9.97. The molecule has 2 heterocycles. The number of hydrazine groups is 1. The Morgan fingerprint density at radius 2 is 2.00 bits per heavy atom. The molecule has 0 atom stereocenters. The molecule has 1 saturated heterocycles. The Bertz CT molecular complexity index is 271. The van der Waals surface area contributed by atoms with Crippen molar-refractivity contribution in [2.45, 2.75) is 19.3 Å². The Morgan fingerprint density at radius 3 is 2.64 bits per heavy atom. The normalized spacial score (nSPS) is 22.7. The quantitative estimate of drug-likeness (QED) is 0.474. The van der Waals surface area contributed by atoms with Gasteiger partial charge in [-0.2, -0.15) is 4.39 Å². The van der Waals surface area contributed by atoms with Crippen LogP contribution in [0.25, 0.3) is 0 Å². The van der Waals surface area contributed by atoms with Crippen LogP contribution in [-0.2, 0) is 0 Å². The van der Waals surface area contributed by atoms with Gasteiger partial charge in [-0.3, -0.25) is 0 Å². The smallest absolute Gasteiger partial charge is 0.212 e. The number of amidine groups is 1. The Kier molecular flexibility index (Phi) is 2.51. The molecule has 0 saturated carbocycles. The minimum absolute atomic E-state index is 0.0979. The van der Waals surface area contributed by atoms with Crippen LogP contribution in [0.1, 0.15) is 19.3 Å². The van der Waals surface area contributed by atoms with Gasteiger partial charge in [0.15, 0.2) is 5.84 Å². The van der Waals surface area contributed by atoms with E-state index in [1.165, 1.54) is 12.5 Å². The van der Waals surface area contributed by atoms with Crippen molar-refractivity contribution in [3.8, 4) is 0 Å². The lowest BCUT2D eigenvalue weighted by atomic mass is 10.1. The Morgan fingerprint density at radius 1 is 1.29 bits per heavy atom. The van der Waals surface area contributed by atoms with Crippen molar-refractivity contribution in [1.29, 1.82) is 0 Å². The molecule has 0 unspecified atom stereocenters. The standard InChI is InChI=1S/C8H12F2N4/c9-7-6-8(12-14(10)11-7)13-4-2-1-3-5-13/h6,11H,1-5H2. The summed E-state index contributed by atoms with van der Waals surface area (Å²) < 4.78 is 25.5. The summed E-state index contributed by atoms with van der Waals surface area (Å²) in [6, 6.07) is 0. The third-order valence-electron chi connectivity index (χ3n) is 2.33. The minimum atomic E-state index is -0.719. The second-order valence-electron chi connectivity index (χ2n) is 3.37. The number of nitrogens with zero attached hydrogens (tertiary/aromatic N) is 3. The average molecular weight is 202 g/mol. The molecule has 4 nitrogen and oxygen atoms in total. The van der Waals surface area contributed by atoms with Gasteiger partial charge in [-0.25, -0.2) is 5.43 Å². The maximum atomic E-state index is 12.8.